The second-order valence-electron chi connectivity index (χ2n) is 4.60. The van der Waals surface area contributed by atoms with E-state index in [1.54, 1.807) is 12.1 Å². The summed E-state index contributed by atoms with van der Waals surface area (Å²) in [5, 5.41) is 0.605. The van der Waals surface area contributed by atoms with Gasteiger partial charge in [-0.15, -0.1) is 0 Å². The minimum absolute atomic E-state index is 0.0703. The van der Waals surface area contributed by atoms with Crippen LogP contribution < -0.4 is 5.73 Å². The van der Waals surface area contributed by atoms with Crippen LogP contribution >= 0.6 is 11.6 Å². The highest BCUT2D eigenvalue weighted by atomic mass is 35.5. The molecular formula is C13H17ClN2O. The largest absolute Gasteiger partial charge is 0.338 e. The zero-order chi connectivity index (χ0) is 12.4. The van der Waals surface area contributed by atoms with Crippen LogP contribution in [0.3, 0.4) is 0 Å². The van der Waals surface area contributed by atoms with Crippen molar-refractivity contribution in [3.63, 3.8) is 0 Å². The van der Waals surface area contributed by atoms with E-state index in [0.717, 1.165) is 25.1 Å². The molecule has 1 aromatic rings. The van der Waals surface area contributed by atoms with Gasteiger partial charge >= 0.3 is 0 Å². The Morgan fingerprint density at radius 1 is 1.59 bits per heavy atom. The van der Waals surface area contributed by atoms with Crippen LogP contribution in [-0.4, -0.2) is 30.4 Å². The standard InChI is InChI=1S/C13H17ClN2O/c1-9-2-3-11(14)6-12(9)13(17)16-5-4-10(7-15)8-16/h2-3,6,10H,4-5,7-8,15H2,1H3. The molecule has 1 atom stereocenters. The summed E-state index contributed by atoms with van der Waals surface area (Å²) in [6, 6.07) is 5.43. The summed E-state index contributed by atoms with van der Waals surface area (Å²) in [7, 11) is 0. The second kappa shape index (κ2) is 5.07. The minimum Gasteiger partial charge on any atom is -0.338 e. The lowest BCUT2D eigenvalue weighted by atomic mass is 10.1. The van der Waals surface area contributed by atoms with E-state index >= 15 is 0 Å². The van der Waals surface area contributed by atoms with E-state index < -0.39 is 0 Å². The number of aryl methyl sites for hydroxylation is 1. The minimum atomic E-state index is 0.0703. The molecule has 1 heterocycles. The normalized spacial score (nSPS) is 19.7. The molecule has 1 unspecified atom stereocenters. The summed E-state index contributed by atoms with van der Waals surface area (Å²) < 4.78 is 0. The SMILES string of the molecule is Cc1ccc(Cl)cc1C(=O)N1CCC(CN)C1. The molecule has 1 fully saturated rings. The summed E-state index contributed by atoms with van der Waals surface area (Å²) in [4.78, 5) is 14.2. The molecule has 92 valence electrons. The number of rotatable bonds is 2. The van der Waals surface area contributed by atoms with Crippen molar-refractivity contribution < 1.29 is 4.79 Å². The molecule has 1 saturated heterocycles. The third-order valence-corrected chi connectivity index (χ3v) is 3.57. The fourth-order valence-corrected chi connectivity index (χ4v) is 2.38. The summed E-state index contributed by atoms with van der Waals surface area (Å²) in [5.41, 5.74) is 7.30. The van der Waals surface area contributed by atoms with E-state index in [2.05, 4.69) is 0 Å². The molecule has 0 saturated carbocycles. The van der Waals surface area contributed by atoms with Crippen LogP contribution in [0.25, 0.3) is 0 Å². The van der Waals surface area contributed by atoms with Crippen LogP contribution in [0.15, 0.2) is 18.2 Å². The molecule has 4 heteroatoms. The molecule has 0 spiro atoms. The maximum absolute atomic E-state index is 12.3. The Hall–Kier alpha value is -1.06. The van der Waals surface area contributed by atoms with Crippen molar-refractivity contribution in [1.82, 2.24) is 4.90 Å². The Morgan fingerprint density at radius 3 is 3.00 bits per heavy atom. The Labute approximate surface area is 107 Å². The van der Waals surface area contributed by atoms with E-state index in [0.29, 0.717) is 23.0 Å². The highest BCUT2D eigenvalue weighted by molar-refractivity contribution is 6.31. The molecule has 1 aliphatic heterocycles. The lowest BCUT2D eigenvalue weighted by Crippen LogP contribution is -2.30. The summed E-state index contributed by atoms with van der Waals surface area (Å²) >= 11 is 5.93. The zero-order valence-corrected chi connectivity index (χ0v) is 10.7. The Kier molecular flexibility index (Phi) is 3.69. The van der Waals surface area contributed by atoms with Gasteiger partial charge < -0.3 is 10.6 Å². The lowest BCUT2D eigenvalue weighted by Gasteiger charge is -2.17. The predicted octanol–water partition coefficient (Wildman–Crippen LogP) is 2.07. The maximum Gasteiger partial charge on any atom is 0.254 e. The third kappa shape index (κ3) is 2.61. The highest BCUT2D eigenvalue weighted by Gasteiger charge is 2.26. The van der Waals surface area contributed by atoms with Gasteiger partial charge in [0.25, 0.3) is 5.91 Å². The first-order chi connectivity index (χ1) is 8.11. The average molecular weight is 253 g/mol. The van der Waals surface area contributed by atoms with Crippen molar-refractivity contribution in [3.05, 3.63) is 34.3 Å². The van der Waals surface area contributed by atoms with Crippen LogP contribution in [0.5, 0.6) is 0 Å². The summed E-state index contributed by atoms with van der Waals surface area (Å²) in [5.74, 6) is 0.513. The first-order valence-electron chi connectivity index (χ1n) is 5.87. The van der Waals surface area contributed by atoms with Crippen LogP contribution in [-0.2, 0) is 0 Å². The number of nitrogens with zero attached hydrogens (tertiary/aromatic N) is 1. The number of hydrogen-bond acceptors (Lipinski definition) is 2. The third-order valence-electron chi connectivity index (χ3n) is 3.34. The molecule has 0 aromatic heterocycles. The molecule has 1 aromatic carbocycles. The van der Waals surface area contributed by atoms with Gasteiger partial charge in [-0.1, -0.05) is 17.7 Å². The van der Waals surface area contributed by atoms with E-state index in [9.17, 15) is 4.79 Å². The van der Waals surface area contributed by atoms with Crippen LogP contribution in [0.4, 0.5) is 0 Å². The van der Waals surface area contributed by atoms with Crippen molar-refractivity contribution in [2.75, 3.05) is 19.6 Å². The van der Waals surface area contributed by atoms with E-state index in [1.165, 1.54) is 0 Å². The zero-order valence-electron chi connectivity index (χ0n) is 9.95. The Bertz CT molecular complexity index is 433. The monoisotopic (exact) mass is 252 g/mol. The summed E-state index contributed by atoms with van der Waals surface area (Å²) in [6.45, 7) is 4.15. The van der Waals surface area contributed by atoms with Gasteiger partial charge in [0.2, 0.25) is 0 Å². The number of amides is 1. The van der Waals surface area contributed by atoms with Crippen molar-refractivity contribution in [2.24, 2.45) is 11.7 Å². The van der Waals surface area contributed by atoms with Gasteiger partial charge in [-0.25, -0.2) is 0 Å². The number of halogens is 1. The summed E-state index contributed by atoms with van der Waals surface area (Å²) in [6.07, 6.45) is 1.00. The van der Waals surface area contributed by atoms with Crippen LogP contribution in [0, 0.1) is 12.8 Å². The van der Waals surface area contributed by atoms with Crippen molar-refractivity contribution in [2.45, 2.75) is 13.3 Å². The maximum atomic E-state index is 12.3. The topological polar surface area (TPSA) is 46.3 Å². The first-order valence-corrected chi connectivity index (χ1v) is 6.25. The Balaban J connectivity index is 2.17. The van der Waals surface area contributed by atoms with Gasteiger partial charge in [0.15, 0.2) is 0 Å². The number of nitrogens with two attached hydrogens (primary N) is 1. The lowest BCUT2D eigenvalue weighted by molar-refractivity contribution is 0.0787. The number of likely N-dealkylation sites (tertiary alicyclic amines) is 1. The molecule has 2 rings (SSSR count). The first kappa shape index (κ1) is 12.4. The number of hydrogen-bond donors (Lipinski definition) is 1. The van der Waals surface area contributed by atoms with E-state index in [-0.39, 0.29) is 5.91 Å². The van der Waals surface area contributed by atoms with Crippen LogP contribution in [0.2, 0.25) is 5.02 Å². The second-order valence-corrected chi connectivity index (χ2v) is 5.04. The fourth-order valence-electron chi connectivity index (χ4n) is 2.20. The highest BCUT2D eigenvalue weighted by Crippen LogP contribution is 2.21. The van der Waals surface area contributed by atoms with Gasteiger partial charge in [-0.3, -0.25) is 4.79 Å². The fraction of sp³-hybridized carbons (Fsp3) is 0.462. The van der Waals surface area contributed by atoms with Crippen LogP contribution in [0.1, 0.15) is 22.3 Å². The predicted molar refractivity (Wildman–Crippen MR) is 69.3 cm³/mol. The van der Waals surface area contributed by atoms with Gasteiger partial charge in [0.1, 0.15) is 0 Å². The Morgan fingerprint density at radius 2 is 2.35 bits per heavy atom. The van der Waals surface area contributed by atoms with E-state index in [1.807, 2.05) is 17.9 Å². The quantitative estimate of drug-likeness (QED) is 0.876. The molecule has 0 radical (unpaired) electrons. The van der Waals surface area contributed by atoms with Gasteiger partial charge in [-0.05, 0) is 43.5 Å². The number of carbonyl (C=O) groups excluding carboxylic acids is 1. The average Bonchev–Trinajstić information content (AvgIpc) is 2.80. The number of benzene rings is 1. The smallest absolute Gasteiger partial charge is 0.254 e. The molecular weight excluding hydrogens is 236 g/mol. The molecule has 2 N–H and O–H groups in total. The van der Waals surface area contributed by atoms with E-state index in [4.69, 9.17) is 17.3 Å². The van der Waals surface area contributed by atoms with Crippen molar-refractivity contribution >= 4 is 17.5 Å². The molecule has 3 nitrogen and oxygen atoms in total. The number of carbonyl (C=O) groups is 1. The molecule has 1 aliphatic rings. The van der Waals surface area contributed by atoms with Gasteiger partial charge in [0, 0.05) is 23.7 Å². The molecule has 0 bridgehead atoms. The van der Waals surface area contributed by atoms with Crippen molar-refractivity contribution in [3.8, 4) is 0 Å². The van der Waals surface area contributed by atoms with Crippen molar-refractivity contribution in [1.29, 1.82) is 0 Å². The molecule has 0 aliphatic carbocycles. The molecule has 1 amide bonds. The molecule has 17 heavy (non-hydrogen) atoms. The van der Waals surface area contributed by atoms with Gasteiger partial charge in [-0.2, -0.15) is 0 Å². The van der Waals surface area contributed by atoms with Gasteiger partial charge in [0.05, 0.1) is 0 Å².